The van der Waals surface area contributed by atoms with Crippen LogP contribution in [0.15, 0.2) is 36.7 Å². The lowest BCUT2D eigenvalue weighted by Gasteiger charge is -2.42. The summed E-state index contributed by atoms with van der Waals surface area (Å²) in [6.07, 6.45) is 7.46. The van der Waals surface area contributed by atoms with Gasteiger partial charge in [0.05, 0.1) is 24.1 Å². The first kappa shape index (κ1) is 15.8. The Bertz CT molecular complexity index is 672. The third-order valence-corrected chi connectivity index (χ3v) is 5.01. The number of halogens is 1. The maximum atomic E-state index is 5.87. The lowest BCUT2D eigenvalue weighted by molar-refractivity contribution is 0.0893. The first-order valence-electron chi connectivity index (χ1n) is 8.44. The molecule has 2 aromatic rings. The Morgan fingerprint density at radius 1 is 1.08 bits per heavy atom. The summed E-state index contributed by atoms with van der Waals surface area (Å²) in [5, 5.41) is 5.39. The molecule has 0 N–H and O–H groups in total. The molecule has 0 amide bonds. The highest BCUT2D eigenvalue weighted by atomic mass is 35.5. The molecular formula is C18H20ClN4O. The zero-order valence-electron chi connectivity index (χ0n) is 13.4. The van der Waals surface area contributed by atoms with Gasteiger partial charge in [-0.2, -0.15) is 0 Å². The van der Waals surface area contributed by atoms with Crippen LogP contribution in [0.3, 0.4) is 0 Å². The van der Waals surface area contributed by atoms with Crippen molar-refractivity contribution in [2.24, 2.45) is 0 Å². The Balaban J connectivity index is 1.40. The van der Waals surface area contributed by atoms with Crippen LogP contribution in [0.4, 0.5) is 0 Å². The molecule has 1 radical (unpaired) electrons. The van der Waals surface area contributed by atoms with E-state index in [2.05, 4.69) is 14.9 Å². The molecule has 2 fully saturated rings. The van der Waals surface area contributed by atoms with Crippen molar-refractivity contribution in [1.29, 1.82) is 0 Å². The third-order valence-electron chi connectivity index (χ3n) is 4.76. The Kier molecular flexibility index (Phi) is 4.65. The summed E-state index contributed by atoms with van der Waals surface area (Å²) in [6, 6.07) is 8.07. The number of piperazine rings is 1. The van der Waals surface area contributed by atoms with Gasteiger partial charge in [0, 0.05) is 30.7 Å². The van der Waals surface area contributed by atoms with Crippen LogP contribution in [-0.2, 0) is 0 Å². The fourth-order valence-electron chi connectivity index (χ4n) is 3.16. The Labute approximate surface area is 147 Å². The molecule has 6 heteroatoms. The number of benzene rings is 1. The van der Waals surface area contributed by atoms with Gasteiger partial charge in [-0.15, -0.1) is 0 Å². The Hall–Kier alpha value is -1.69. The van der Waals surface area contributed by atoms with Crippen LogP contribution in [-0.4, -0.2) is 40.5 Å². The SMILES string of the molecule is Clc1ccc(Oc2cnc(C3CN(C4CCC4)CC[N]3)cn2)cc1. The summed E-state index contributed by atoms with van der Waals surface area (Å²) in [5.74, 6) is 1.17. The summed E-state index contributed by atoms with van der Waals surface area (Å²) in [5.41, 5.74) is 0.919. The molecular weight excluding hydrogens is 324 g/mol. The molecule has 1 unspecified atom stereocenters. The molecule has 1 aromatic carbocycles. The molecule has 0 bridgehead atoms. The standard InChI is InChI=1S/C18H20ClN4O/c19-13-4-6-15(7-5-13)24-18-11-21-16(10-22-18)17-12-23(9-8-20-17)14-2-1-3-14/h4-7,10-11,14,17H,1-3,8-9,12H2. The second kappa shape index (κ2) is 7.05. The predicted octanol–water partition coefficient (Wildman–Crippen LogP) is 3.44. The highest BCUT2D eigenvalue weighted by molar-refractivity contribution is 6.30. The summed E-state index contributed by atoms with van der Waals surface area (Å²) in [4.78, 5) is 11.5. The van der Waals surface area contributed by atoms with E-state index in [0.29, 0.717) is 16.7 Å². The lowest BCUT2D eigenvalue weighted by atomic mass is 9.90. The molecule has 1 saturated carbocycles. The summed E-state index contributed by atoms with van der Waals surface area (Å²) >= 11 is 5.87. The van der Waals surface area contributed by atoms with Crippen LogP contribution in [0.2, 0.25) is 5.02 Å². The van der Waals surface area contributed by atoms with E-state index in [0.717, 1.165) is 31.4 Å². The lowest BCUT2D eigenvalue weighted by Crippen LogP contribution is -2.50. The average molecular weight is 344 g/mol. The second-order valence-corrected chi connectivity index (χ2v) is 6.77. The smallest absolute Gasteiger partial charge is 0.237 e. The van der Waals surface area contributed by atoms with Crippen molar-refractivity contribution in [2.45, 2.75) is 31.3 Å². The fourth-order valence-corrected chi connectivity index (χ4v) is 3.28. The van der Waals surface area contributed by atoms with Crippen LogP contribution in [0.1, 0.15) is 31.0 Å². The van der Waals surface area contributed by atoms with Crippen molar-refractivity contribution in [1.82, 2.24) is 20.2 Å². The topological polar surface area (TPSA) is 52.4 Å². The van der Waals surface area contributed by atoms with Crippen molar-refractivity contribution < 1.29 is 4.74 Å². The molecule has 1 aliphatic heterocycles. The molecule has 0 spiro atoms. The number of hydrogen-bond donors (Lipinski definition) is 0. The van der Waals surface area contributed by atoms with E-state index in [9.17, 15) is 0 Å². The van der Waals surface area contributed by atoms with Crippen molar-refractivity contribution in [3.63, 3.8) is 0 Å². The van der Waals surface area contributed by atoms with Crippen LogP contribution in [0, 0.1) is 0 Å². The molecule has 5 nitrogen and oxygen atoms in total. The number of nitrogens with zero attached hydrogens (tertiary/aromatic N) is 4. The monoisotopic (exact) mass is 343 g/mol. The van der Waals surface area contributed by atoms with E-state index >= 15 is 0 Å². The number of hydrogen-bond acceptors (Lipinski definition) is 4. The Morgan fingerprint density at radius 3 is 2.58 bits per heavy atom. The summed E-state index contributed by atoms with van der Waals surface area (Å²) in [6.45, 7) is 2.91. The zero-order valence-corrected chi connectivity index (χ0v) is 14.2. The molecule has 1 aliphatic carbocycles. The highest BCUT2D eigenvalue weighted by Gasteiger charge is 2.31. The Morgan fingerprint density at radius 2 is 1.92 bits per heavy atom. The van der Waals surface area contributed by atoms with Gasteiger partial charge in [-0.1, -0.05) is 18.0 Å². The molecule has 1 saturated heterocycles. The van der Waals surface area contributed by atoms with Crippen molar-refractivity contribution in [3.05, 3.63) is 47.4 Å². The zero-order chi connectivity index (χ0) is 16.4. The van der Waals surface area contributed by atoms with Crippen LogP contribution in [0.25, 0.3) is 0 Å². The van der Waals surface area contributed by atoms with Gasteiger partial charge in [0.25, 0.3) is 0 Å². The number of ether oxygens (including phenoxy) is 1. The summed E-state index contributed by atoms with van der Waals surface area (Å²) < 4.78 is 5.69. The van der Waals surface area contributed by atoms with Gasteiger partial charge in [-0.3, -0.25) is 9.88 Å². The minimum atomic E-state index is 0.122. The molecule has 24 heavy (non-hydrogen) atoms. The van der Waals surface area contributed by atoms with Crippen LogP contribution in [0.5, 0.6) is 11.6 Å². The van der Waals surface area contributed by atoms with Gasteiger partial charge in [-0.25, -0.2) is 10.3 Å². The second-order valence-electron chi connectivity index (χ2n) is 6.34. The number of rotatable bonds is 4. The van der Waals surface area contributed by atoms with E-state index in [-0.39, 0.29) is 6.04 Å². The van der Waals surface area contributed by atoms with Gasteiger partial charge in [0.1, 0.15) is 5.75 Å². The summed E-state index contributed by atoms with van der Waals surface area (Å²) in [7, 11) is 0. The third kappa shape index (κ3) is 3.53. The maximum absolute atomic E-state index is 5.87. The highest BCUT2D eigenvalue weighted by Crippen LogP contribution is 2.28. The largest absolute Gasteiger partial charge is 0.438 e. The molecule has 4 rings (SSSR count). The van der Waals surface area contributed by atoms with Crippen molar-refractivity contribution in [3.8, 4) is 11.6 Å². The fraction of sp³-hybridized carbons (Fsp3) is 0.444. The first-order valence-corrected chi connectivity index (χ1v) is 8.82. The quantitative estimate of drug-likeness (QED) is 0.853. The van der Waals surface area contributed by atoms with E-state index in [1.54, 1.807) is 24.5 Å². The minimum Gasteiger partial charge on any atom is -0.438 e. The minimum absolute atomic E-state index is 0.122. The molecule has 125 valence electrons. The maximum Gasteiger partial charge on any atom is 0.237 e. The van der Waals surface area contributed by atoms with E-state index in [1.165, 1.54) is 19.3 Å². The van der Waals surface area contributed by atoms with Crippen LogP contribution >= 0.6 is 11.6 Å². The van der Waals surface area contributed by atoms with Gasteiger partial charge < -0.3 is 4.74 Å². The van der Waals surface area contributed by atoms with Gasteiger partial charge in [-0.05, 0) is 37.1 Å². The van der Waals surface area contributed by atoms with Crippen LogP contribution < -0.4 is 10.1 Å². The normalized spacial score (nSPS) is 22.1. The van der Waals surface area contributed by atoms with E-state index in [4.69, 9.17) is 21.7 Å². The van der Waals surface area contributed by atoms with Gasteiger partial charge in [0.2, 0.25) is 5.88 Å². The van der Waals surface area contributed by atoms with Gasteiger partial charge in [0.15, 0.2) is 0 Å². The van der Waals surface area contributed by atoms with Crippen molar-refractivity contribution >= 4 is 11.6 Å². The molecule has 1 atom stereocenters. The van der Waals surface area contributed by atoms with Crippen molar-refractivity contribution in [2.75, 3.05) is 19.6 Å². The van der Waals surface area contributed by atoms with E-state index in [1.807, 2.05) is 12.1 Å². The average Bonchev–Trinajstić information content (AvgIpc) is 2.56. The predicted molar refractivity (Wildman–Crippen MR) is 92.5 cm³/mol. The number of aromatic nitrogens is 2. The van der Waals surface area contributed by atoms with Gasteiger partial charge >= 0.3 is 0 Å². The first-order chi connectivity index (χ1) is 11.8. The van der Waals surface area contributed by atoms with E-state index < -0.39 is 0 Å². The molecule has 2 heterocycles. The molecule has 2 aliphatic rings. The molecule has 1 aromatic heterocycles.